The summed E-state index contributed by atoms with van der Waals surface area (Å²) in [5.74, 6) is 0.894. The van der Waals surface area contributed by atoms with Gasteiger partial charge in [0.15, 0.2) is 0 Å². The van der Waals surface area contributed by atoms with E-state index in [2.05, 4.69) is 18.7 Å². The van der Waals surface area contributed by atoms with Crippen LogP contribution in [0.25, 0.3) is 0 Å². The average Bonchev–Trinajstić information content (AvgIpc) is 2.36. The largest absolute Gasteiger partial charge is 0.388 e. The second-order valence-corrected chi connectivity index (χ2v) is 7.54. The van der Waals surface area contributed by atoms with E-state index in [0.29, 0.717) is 11.2 Å². The molecule has 2 rings (SSSR count). The standard InChI is InChI=1S/C15H22FNOS/c1-15(2)11-17(9-10-19-15)8-7-14(18)12-3-5-13(16)6-4-12/h3-6,14,18H,7-11H2,1-2H3. The minimum Gasteiger partial charge on any atom is -0.388 e. The second kappa shape index (κ2) is 6.25. The molecule has 0 amide bonds. The molecule has 19 heavy (non-hydrogen) atoms. The van der Waals surface area contributed by atoms with Crippen molar-refractivity contribution >= 4 is 11.8 Å². The van der Waals surface area contributed by atoms with Crippen molar-refractivity contribution in [2.75, 3.05) is 25.4 Å². The predicted octanol–water partition coefficient (Wildman–Crippen LogP) is 3.08. The lowest BCUT2D eigenvalue weighted by atomic mass is 10.1. The number of hydrogen-bond donors (Lipinski definition) is 1. The highest BCUT2D eigenvalue weighted by atomic mass is 32.2. The average molecular weight is 283 g/mol. The van der Waals surface area contributed by atoms with Crippen molar-refractivity contribution in [2.24, 2.45) is 0 Å². The third-order valence-corrected chi connectivity index (χ3v) is 4.78. The summed E-state index contributed by atoms with van der Waals surface area (Å²) in [6, 6.07) is 6.13. The zero-order valence-corrected chi connectivity index (χ0v) is 12.4. The molecule has 0 spiro atoms. The van der Waals surface area contributed by atoms with Gasteiger partial charge in [0, 0.05) is 30.1 Å². The molecule has 1 heterocycles. The van der Waals surface area contributed by atoms with Gasteiger partial charge >= 0.3 is 0 Å². The zero-order chi connectivity index (χ0) is 13.9. The maximum absolute atomic E-state index is 12.8. The van der Waals surface area contributed by atoms with E-state index in [0.717, 1.165) is 31.0 Å². The summed E-state index contributed by atoms with van der Waals surface area (Å²) in [7, 11) is 0. The van der Waals surface area contributed by atoms with Gasteiger partial charge in [0.05, 0.1) is 6.10 Å². The molecule has 2 nitrogen and oxygen atoms in total. The summed E-state index contributed by atoms with van der Waals surface area (Å²) in [4.78, 5) is 2.41. The topological polar surface area (TPSA) is 23.5 Å². The molecule has 1 aromatic rings. The van der Waals surface area contributed by atoms with Crippen molar-refractivity contribution in [1.82, 2.24) is 4.90 Å². The molecule has 106 valence electrons. The van der Waals surface area contributed by atoms with E-state index in [4.69, 9.17) is 0 Å². The quantitative estimate of drug-likeness (QED) is 0.918. The van der Waals surface area contributed by atoms with E-state index in [-0.39, 0.29) is 5.82 Å². The first-order valence-corrected chi connectivity index (χ1v) is 7.75. The first kappa shape index (κ1) is 14.8. The summed E-state index contributed by atoms with van der Waals surface area (Å²) >= 11 is 2.01. The van der Waals surface area contributed by atoms with E-state index in [1.807, 2.05) is 11.8 Å². The summed E-state index contributed by atoms with van der Waals surface area (Å²) in [5.41, 5.74) is 0.798. The van der Waals surface area contributed by atoms with Crippen LogP contribution in [0.5, 0.6) is 0 Å². The van der Waals surface area contributed by atoms with Gasteiger partial charge in [-0.15, -0.1) is 0 Å². The minimum absolute atomic E-state index is 0.259. The number of halogens is 1. The van der Waals surface area contributed by atoms with E-state index in [1.165, 1.54) is 12.1 Å². The molecular formula is C15H22FNOS. The number of aliphatic hydroxyl groups excluding tert-OH is 1. The van der Waals surface area contributed by atoms with Crippen molar-refractivity contribution in [3.05, 3.63) is 35.6 Å². The molecule has 0 saturated carbocycles. The molecule has 1 N–H and O–H groups in total. The highest BCUT2D eigenvalue weighted by molar-refractivity contribution is 8.00. The third-order valence-electron chi connectivity index (χ3n) is 3.48. The Bertz CT molecular complexity index is 407. The molecule has 0 bridgehead atoms. The van der Waals surface area contributed by atoms with Crippen LogP contribution in [-0.2, 0) is 0 Å². The Morgan fingerprint density at radius 2 is 2.05 bits per heavy atom. The number of hydrogen-bond acceptors (Lipinski definition) is 3. The van der Waals surface area contributed by atoms with Crippen LogP contribution in [0.4, 0.5) is 4.39 Å². The van der Waals surface area contributed by atoms with Crippen LogP contribution in [-0.4, -0.2) is 40.1 Å². The SMILES string of the molecule is CC1(C)CN(CCC(O)c2ccc(F)cc2)CCS1. The third kappa shape index (κ3) is 4.48. The van der Waals surface area contributed by atoms with Crippen LogP contribution in [0.1, 0.15) is 31.9 Å². The maximum Gasteiger partial charge on any atom is 0.123 e. The van der Waals surface area contributed by atoms with Gasteiger partial charge in [-0.25, -0.2) is 4.39 Å². The van der Waals surface area contributed by atoms with Gasteiger partial charge in [-0.1, -0.05) is 12.1 Å². The Hall–Kier alpha value is -0.580. The Morgan fingerprint density at radius 3 is 2.68 bits per heavy atom. The molecule has 1 atom stereocenters. The van der Waals surface area contributed by atoms with Crippen molar-refractivity contribution in [3.8, 4) is 0 Å². The Morgan fingerprint density at radius 1 is 1.37 bits per heavy atom. The van der Waals surface area contributed by atoms with E-state index in [9.17, 15) is 9.50 Å². The Kier molecular flexibility index (Phi) is 4.87. The van der Waals surface area contributed by atoms with Gasteiger partial charge in [-0.05, 0) is 38.0 Å². The van der Waals surface area contributed by atoms with Crippen LogP contribution in [0.15, 0.2) is 24.3 Å². The fraction of sp³-hybridized carbons (Fsp3) is 0.600. The normalized spacial score (nSPS) is 21.3. The van der Waals surface area contributed by atoms with E-state index in [1.54, 1.807) is 12.1 Å². The fourth-order valence-electron chi connectivity index (χ4n) is 2.46. The van der Waals surface area contributed by atoms with E-state index >= 15 is 0 Å². The van der Waals surface area contributed by atoms with Crippen LogP contribution in [0.3, 0.4) is 0 Å². The molecule has 1 aromatic carbocycles. The summed E-state index contributed by atoms with van der Waals surface area (Å²) < 4.78 is 13.1. The van der Waals surface area contributed by atoms with Crippen LogP contribution in [0, 0.1) is 5.82 Å². The lowest BCUT2D eigenvalue weighted by Crippen LogP contribution is -2.43. The molecule has 0 aliphatic carbocycles. The minimum atomic E-state index is -0.502. The fourth-order valence-corrected chi connectivity index (χ4v) is 3.64. The molecule has 0 aromatic heterocycles. The van der Waals surface area contributed by atoms with Gasteiger partial charge in [-0.2, -0.15) is 11.8 Å². The zero-order valence-electron chi connectivity index (χ0n) is 11.6. The molecule has 1 unspecified atom stereocenters. The highest BCUT2D eigenvalue weighted by Gasteiger charge is 2.26. The van der Waals surface area contributed by atoms with Gasteiger partial charge in [-0.3, -0.25) is 0 Å². The molecule has 0 radical (unpaired) electrons. The maximum atomic E-state index is 12.8. The molecule has 1 fully saturated rings. The molecule has 1 saturated heterocycles. The summed E-state index contributed by atoms with van der Waals surface area (Å²) in [5, 5.41) is 10.1. The van der Waals surface area contributed by atoms with E-state index < -0.39 is 6.10 Å². The number of aliphatic hydroxyl groups is 1. The van der Waals surface area contributed by atoms with Gasteiger partial charge in [0.2, 0.25) is 0 Å². The number of benzene rings is 1. The lowest BCUT2D eigenvalue weighted by Gasteiger charge is -2.37. The van der Waals surface area contributed by atoms with Crippen molar-refractivity contribution in [1.29, 1.82) is 0 Å². The Balaban J connectivity index is 1.83. The molecule has 1 aliphatic heterocycles. The van der Waals surface area contributed by atoms with Crippen LogP contribution in [0.2, 0.25) is 0 Å². The second-order valence-electron chi connectivity index (χ2n) is 5.74. The number of nitrogens with zero attached hydrogens (tertiary/aromatic N) is 1. The first-order chi connectivity index (χ1) is 8.96. The van der Waals surface area contributed by atoms with Crippen molar-refractivity contribution < 1.29 is 9.50 Å². The molecular weight excluding hydrogens is 261 g/mol. The van der Waals surface area contributed by atoms with Crippen molar-refractivity contribution in [3.63, 3.8) is 0 Å². The summed E-state index contributed by atoms with van der Waals surface area (Å²) in [6.45, 7) is 7.57. The number of thioether (sulfide) groups is 1. The van der Waals surface area contributed by atoms with Crippen LogP contribution < -0.4 is 0 Å². The molecule has 4 heteroatoms. The predicted molar refractivity (Wildman–Crippen MR) is 79.0 cm³/mol. The van der Waals surface area contributed by atoms with Gasteiger partial charge < -0.3 is 10.0 Å². The first-order valence-electron chi connectivity index (χ1n) is 6.76. The lowest BCUT2D eigenvalue weighted by molar-refractivity contribution is 0.140. The monoisotopic (exact) mass is 283 g/mol. The number of rotatable bonds is 4. The summed E-state index contributed by atoms with van der Waals surface area (Å²) in [6.07, 6.45) is 0.199. The van der Waals surface area contributed by atoms with Gasteiger partial charge in [0.25, 0.3) is 0 Å². The van der Waals surface area contributed by atoms with Gasteiger partial charge in [0.1, 0.15) is 5.82 Å². The Labute approximate surface area is 119 Å². The van der Waals surface area contributed by atoms with Crippen LogP contribution >= 0.6 is 11.8 Å². The van der Waals surface area contributed by atoms with Crippen molar-refractivity contribution in [2.45, 2.75) is 31.1 Å². The molecule has 1 aliphatic rings. The smallest absolute Gasteiger partial charge is 0.123 e. The highest BCUT2D eigenvalue weighted by Crippen LogP contribution is 2.30.